The van der Waals surface area contributed by atoms with Crippen LogP contribution < -0.4 is 0 Å². The summed E-state index contributed by atoms with van der Waals surface area (Å²) in [6.07, 6.45) is 1.57. The molecule has 29 heavy (non-hydrogen) atoms. The van der Waals surface area contributed by atoms with Crippen LogP contribution in [0.3, 0.4) is 0 Å². The first-order valence-corrected chi connectivity index (χ1v) is 10.3. The van der Waals surface area contributed by atoms with E-state index in [-0.39, 0.29) is 17.9 Å². The van der Waals surface area contributed by atoms with E-state index in [1.807, 2.05) is 22.8 Å². The average molecular weight is 398 g/mol. The Bertz CT molecular complexity index is 917. The van der Waals surface area contributed by atoms with Gasteiger partial charge in [-0.05, 0) is 51.3 Å². The Morgan fingerprint density at radius 2 is 1.86 bits per heavy atom. The van der Waals surface area contributed by atoms with Crippen molar-refractivity contribution in [2.24, 2.45) is 0 Å². The van der Waals surface area contributed by atoms with Gasteiger partial charge in [-0.1, -0.05) is 11.6 Å². The van der Waals surface area contributed by atoms with Crippen molar-refractivity contribution < 1.29 is 14.3 Å². The van der Waals surface area contributed by atoms with Crippen LogP contribution in [0.1, 0.15) is 46.9 Å². The van der Waals surface area contributed by atoms with Crippen molar-refractivity contribution in [2.45, 2.75) is 46.6 Å². The van der Waals surface area contributed by atoms with Crippen LogP contribution in [0, 0.1) is 20.8 Å². The lowest BCUT2D eigenvalue weighted by Crippen LogP contribution is -2.49. The van der Waals surface area contributed by atoms with Gasteiger partial charge in [0.05, 0.1) is 23.4 Å². The van der Waals surface area contributed by atoms with Crippen LogP contribution >= 0.6 is 0 Å². The summed E-state index contributed by atoms with van der Waals surface area (Å²) in [5.41, 5.74) is 4.62. The van der Waals surface area contributed by atoms with E-state index in [1.54, 1.807) is 14.0 Å². The van der Waals surface area contributed by atoms with E-state index in [4.69, 9.17) is 9.72 Å². The number of likely N-dealkylation sites (tertiary alicyclic amines) is 1. The van der Waals surface area contributed by atoms with E-state index in [9.17, 15) is 9.59 Å². The number of methoxy groups -OCH3 is 1. The molecule has 1 aliphatic heterocycles. The van der Waals surface area contributed by atoms with E-state index in [1.165, 1.54) is 0 Å². The molecule has 1 fully saturated rings. The maximum absolute atomic E-state index is 13.5. The first-order valence-electron chi connectivity index (χ1n) is 10.3. The van der Waals surface area contributed by atoms with Gasteiger partial charge >= 0.3 is 0 Å². The Balaban J connectivity index is 1.91. The van der Waals surface area contributed by atoms with Gasteiger partial charge in [0.1, 0.15) is 0 Å². The highest BCUT2D eigenvalue weighted by molar-refractivity contribution is 5.99. The van der Waals surface area contributed by atoms with Crippen molar-refractivity contribution >= 4 is 22.7 Å². The number of carbonyl (C=O) groups excluding carboxylic acids is 2. The molecular weight excluding hydrogens is 366 g/mol. The van der Waals surface area contributed by atoms with Crippen LogP contribution in [0.2, 0.25) is 0 Å². The zero-order valence-corrected chi connectivity index (χ0v) is 18.1. The SMILES string of the molecule is COCCN(C(=O)c1cc2cc(C)cc(C)c2nc1C)C1CCN(C(C)=O)CC1. The highest BCUT2D eigenvalue weighted by Gasteiger charge is 2.30. The lowest BCUT2D eigenvalue weighted by atomic mass is 10.00. The highest BCUT2D eigenvalue weighted by atomic mass is 16.5. The van der Waals surface area contributed by atoms with Crippen LogP contribution in [0.15, 0.2) is 18.2 Å². The van der Waals surface area contributed by atoms with Gasteiger partial charge < -0.3 is 14.5 Å². The Hall–Kier alpha value is -2.47. The predicted octanol–water partition coefficient (Wildman–Crippen LogP) is 3.26. The number of hydrogen-bond acceptors (Lipinski definition) is 4. The predicted molar refractivity (Wildman–Crippen MR) is 114 cm³/mol. The molecule has 0 unspecified atom stereocenters. The van der Waals surface area contributed by atoms with E-state index < -0.39 is 0 Å². The lowest BCUT2D eigenvalue weighted by molar-refractivity contribution is -0.130. The third kappa shape index (κ3) is 4.58. The Morgan fingerprint density at radius 1 is 1.17 bits per heavy atom. The molecular formula is C23H31N3O3. The number of pyridine rings is 1. The number of aromatic nitrogens is 1. The molecule has 6 heteroatoms. The molecule has 1 saturated heterocycles. The van der Waals surface area contributed by atoms with Crippen LogP contribution in [0.5, 0.6) is 0 Å². The smallest absolute Gasteiger partial charge is 0.256 e. The van der Waals surface area contributed by atoms with Crippen LogP contribution in [-0.4, -0.2) is 66.0 Å². The van der Waals surface area contributed by atoms with Gasteiger partial charge in [-0.3, -0.25) is 14.6 Å². The molecule has 1 aromatic carbocycles. The second-order valence-electron chi connectivity index (χ2n) is 8.00. The zero-order valence-electron chi connectivity index (χ0n) is 18.1. The minimum absolute atomic E-state index is 0.00520. The van der Waals surface area contributed by atoms with Crippen LogP contribution in [0.4, 0.5) is 0 Å². The lowest BCUT2D eigenvalue weighted by Gasteiger charge is -2.38. The van der Waals surface area contributed by atoms with Gasteiger partial charge in [-0.2, -0.15) is 0 Å². The first-order chi connectivity index (χ1) is 13.8. The normalized spacial score (nSPS) is 15.0. The van der Waals surface area contributed by atoms with Gasteiger partial charge in [-0.15, -0.1) is 0 Å². The van der Waals surface area contributed by atoms with Gasteiger partial charge in [0.25, 0.3) is 5.91 Å². The fourth-order valence-corrected chi connectivity index (χ4v) is 4.25. The minimum Gasteiger partial charge on any atom is -0.383 e. The number of aryl methyl sites for hydroxylation is 3. The topological polar surface area (TPSA) is 62.7 Å². The summed E-state index contributed by atoms with van der Waals surface area (Å²) >= 11 is 0. The summed E-state index contributed by atoms with van der Waals surface area (Å²) in [5.74, 6) is 0.0907. The number of piperidine rings is 1. The monoisotopic (exact) mass is 397 g/mol. The molecule has 0 saturated carbocycles. The van der Waals surface area contributed by atoms with Crippen molar-refractivity contribution in [3.8, 4) is 0 Å². The second kappa shape index (κ2) is 8.91. The number of benzene rings is 1. The van der Waals surface area contributed by atoms with Gasteiger partial charge in [0, 0.05) is 45.1 Å². The molecule has 2 amide bonds. The third-order valence-corrected chi connectivity index (χ3v) is 5.82. The summed E-state index contributed by atoms with van der Waals surface area (Å²) in [6, 6.07) is 6.27. The van der Waals surface area contributed by atoms with Gasteiger partial charge in [0.2, 0.25) is 5.91 Å². The zero-order chi connectivity index (χ0) is 21.1. The molecule has 0 spiro atoms. The molecule has 0 N–H and O–H groups in total. The molecule has 2 aromatic rings. The fourth-order valence-electron chi connectivity index (χ4n) is 4.25. The van der Waals surface area contributed by atoms with Crippen molar-refractivity contribution in [3.63, 3.8) is 0 Å². The summed E-state index contributed by atoms with van der Waals surface area (Å²) in [4.78, 5) is 33.7. The maximum atomic E-state index is 13.5. The summed E-state index contributed by atoms with van der Waals surface area (Å²) in [7, 11) is 1.65. The fraction of sp³-hybridized carbons (Fsp3) is 0.522. The molecule has 0 bridgehead atoms. The summed E-state index contributed by atoms with van der Waals surface area (Å²) in [5, 5.41) is 0.995. The molecule has 0 aliphatic carbocycles. The van der Waals surface area contributed by atoms with E-state index >= 15 is 0 Å². The number of rotatable bonds is 5. The van der Waals surface area contributed by atoms with E-state index in [2.05, 4.69) is 26.0 Å². The Labute approximate surface area is 172 Å². The van der Waals surface area contributed by atoms with Crippen molar-refractivity contribution in [3.05, 3.63) is 40.6 Å². The molecule has 6 nitrogen and oxygen atoms in total. The van der Waals surface area contributed by atoms with Gasteiger partial charge in [0.15, 0.2) is 0 Å². The molecule has 0 atom stereocenters. The maximum Gasteiger partial charge on any atom is 0.256 e. The minimum atomic E-state index is -0.00520. The first kappa shape index (κ1) is 21.2. The molecule has 156 valence electrons. The molecule has 2 heterocycles. The third-order valence-electron chi connectivity index (χ3n) is 5.82. The van der Waals surface area contributed by atoms with E-state index in [0.717, 1.165) is 40.6 Å². The molecule has 0 radical (unpaired) electrons. The number of carbonyl (C=O) groups is 2. The van der Waals surface area contributed by atoms with Crippen LogP contribution in [-0.2, 0) is 9.53 Å². The van der Waals surface area contributed by atoms with Crippen molar-refractivity contribution in [2.75, 3.05) is 33.4 Å². The molecule has 1 aliphatic rings. The van der Waals surface area contributed by atoms with Crippen LogP contribution in [0.25, 0.3) is 10.9 Å². The quantitative estimate of drug-likeness (QED) is 0.777. The number of ether oxygens (including phenoxy) is 1. The van der Waals surface area contributed by atoms with Gasteiger partial charge in [-0.25, -0.2) is 0 Å². The van der Waals surface area contributed by atoms with Crippen molar-refractivity contribution in [1.82, 2.24) is 14.8 Å². The number of hydrogen-bond donors (Lipinski definition) is 0. The highest BCUT2D eigenvalue weighted by Crippen LogP contribution is 2.25. The largest absolute Gasteiger partial charge is 0.383 e. The Kier molecular flexibility index (Phi) is 6.52. The average Bonchev–Trinajstić information content (AvgIpc) is 2.68. The standard InChI is InChI=1S/C23H31N3O3/c1-15-12-16(2)22-19(13-15)14-21(17(3)24-22)23(28)26(10-11-29-5)20-6-8-25(9-7-20)18(4)27/h12-14,20H,6-11H2,1-5H3. The summed E-state index contributed by atoms with van der Waals surface area (Å²) < 4.78 is 5.27. The Morgan fingerprint density at radius 3 is 2.48 bits per heavy atom. The van der Waals surface area contributed by atoms with E-state index in [0.29, 0.717) is 31.8 Å². The number of amides is 2. The molecule has 3 rings (SSSR count). The number of fused-ring (bicyclic) bond motifs is 1. The second-order valence-corrected chi connectivity index (χ2v) is 8.00. The van der Waals surface area contributed by atoms with Crippen molar-refractivity contribution in [1.29, 1.82) is 0 Å². The molecule has 1 aromatic heterocycles. The summed E-state index contributed by atoms with van der Waals surface area (Å²) in [6.45, 7) is 10.00. The number of nitrogens with zero attached hydrogens (tertiary/aromatic N) is 3.